The summed E-state index contributed by atoms with van der Waals surface area (Å²) in [6.07, 6.45) is 2.17. The predicted octanol–water partition coefficient (Wildman–Crippen LogP) is 1.87. The van der Waals surface area contributed by atoms with Crippen LogP contribution < -0.4 is 10.0 Å². The third-order valence-corrected chi connectivity index (χ3v) is 6.17. The number of carbonyl (C=O) groups excluding carboxylic acids is 1. The third-order valence-electron chi connectivity index (χ3n) is 3.68. The van der Waals surface area contributed by atoms with Crippen molar-refractivity contribution in [3.63, 3.8) is 0 Å². The Morgan fingerprint density at radius 3 is 2.18 bits per heavy atom. The number of carbonyl (C=O) groups is 1. The number of benzene rings is 2. The number of amides is 1. The van der Waals surface area contributed by atoms with E-state index in [4.69, 9.17) is 0 Å². The van der Waals surface area contributed by atoms with Crippen molar-refractivity contribution in [1.29, 1.82) is 0 Å². The van der Waals surface area contributed by atoms with Gasteiger partial charge in [-0.05, 0) is 36.4 Å². The minimum atomic E-state index is -4.07. The average Bonchev–Trinajstić information content (AvgIpc) is 3.13. The molecule has 0 bridgehead atoms. The Balaban J connectivity index is 1.82. The van der Waals surface area contributed by atoms with Crippen molar-refractivity contribution in [1.82, 2.24) is 10.2 Å². The second-order valence-electron chi connectivity index (χ2n) is 5.83. The summed E-state index contributed by atoms with van der Waals surface area (Å²) in [7, 11) is -7.43. The molecule has 0 spiro atoms. The lowest BCUT2D eigenvalue weighted by atomic mass is 10.3. The SMILES string of the molecule is CS(=O)(=O)c1ccc(NC(=O)c2cn[nH]c2S(=O)(=O)Nc2ccccc2)cc1. The second kappa shape index (κ2) is 7.44. The highest BCUT2D eigenvalue weighted by Gasteiger charge is 2.25. The zero-order valence-corrected chi connectivity index (χ0v) is 16.2. The van der Waals surface area contributed by atoms with E-state index in [1.807, 2.05) is 0 Å². The molecule has 1 heterocycles. The molecule has 9 nitrogen and oxygen atoms in total. The molecule has 28 heavy (non-hydrogen) atoms. The molecule has 1 aromatic heterocycles. The van der Waals surface area contributed by atoms with E-state index in [0.717, 1.165) is 12.5 Å². The maximum Gasteiger partial charge on any atom is 0.279 e. The van der Waals surface area contributed by atoms with E-state index in [-0.39, 0.29) is 15.5 Å². The molecule has 0 radical (unpaired) electrons. The van der Waals surface area contributed by atoms with E-state index in [1.165, 1.54) is 24.3 Å². The van der Waals surface area contributed by atoms with Gasteiger partial charge in [0.25, 0.3) is 15.9 Å². The molecule has 0 saturated heterocycles. The van der Waals surface area contributed by atoms with Gasteiger partial charge in [-0.2, -0.15) is 13.5 Å². The van der Waals surface area contributed by atoms with Crippen LogP contribution in [0.4, 0.5) is 11.4 Å². The number of hydrogen-bond acceptors (Lipinski definition) is 6. The van der Waals surface area contributed by atoms with Crippen LogP contribution in [0.3, 0.4) is 0 Å². The van der Waals surface area contributed by atoms with Crippen LogP contribution in [0.2, 0.25) is 0 Å². The number of para-hydroxylation sites is 1. The summed E-state index contributed by atoms with van der Waals surface area (Å²) < 4.78 is 50.5. The first kappa shape index (κ1) is 19.6. The van der Waals surface area contributed by atoms with Gasteiger partial charge in [0.2, 0.25) is 0 Å². The fourth-order valence-corrected chi connectivity index (χ4v) is 4.12. The number of sulfone groups is 1. The van der Waals surface area contributed by atoms with Gasteiger partial charge in [-0.25, -0.2) is 8.42 Å². The largest absolute Gasteiger partial charge is 0.322 e. The van der Waals surface area contributed by atoms with Crippen molar-refractivity contribution in [2.45, 2.75) is 9.92 Å². The summed E-state index contributed by atoms with van der Waals surface area (Å²) in [6.45, 7) is 0. The minimum absolute atomic E-state index is 0.101. The Hall–Kier alpha value is -3.18. The smallest absolute Gasteiger partial charge is 0.279 e. The van der Waals surface area contributed by atoms with E-state index in [9.17, 15) is 21.6 Å². The number of aromatic nitrogens is 2. The van der Waals surface area contributed by atoms with Crippen LogP contribution in [-0.2, 0) is 19.9 Å². The molecule has 1 amide bonds. The highest BCUT2D eigenvalue weighted by atomic mass is 32.2. The maximum absolute atomic E-state index is 12.6. The number of anilines is 2. The third kappa shape index (κ3) is 4.38. The molecule has 3 rings (SSSR count). The molecular formula is C17H16N4O5S2. The summed E-state index contributed by atoms with van der Waals surface area (Å²) in [4.78, 5) is 12.6. The fraction of sp³-hybridized carbons (Fsp3) is 0.0588. The first-order valence-corrected chi connectivity index (χ1v) is 11.3. The Bertz CT molecular complexity index is 1200. The molecule has 0 saturated carbocycles. The first-order chi connectivity index (χ1) is 13.2. The van der Waals surface area contributed by atoms with Crippen LogP contribution in [0.25, 0.3) is 0 Å². The van der Waals surface area contributed by atoms with Crippen LogP contribution in [0.15, 0.2) is 70.7 Å². The summed E-state index contributed by atoms with van der Waals surface area (Å²) in [5.74, 6) is -0.714. The predicted molar refractivity (Wildman–Crippen MR) is 103 cm³/mol. The van der Waals surface area contributed by atoms with Gasteiger partial charge in [0.1, 0.15) is 0 Å². The summed E-state index contributed by atoms with van der Waals surface area (Å²) in [5.41, 5.74) is 0.452. The Morgan fingerprint density at radius 2 is 1.57 bits per heavy atom. The number of aromatic amines is 1. The zero-order valence-electron chi connectivity index (χ0n) is 14.6. The van der Waals surface area contributed by atoms with Gasteiger partial charge in [0.05, 0.1) is 16.7 Å². The maximum atomic E-state index is 12.6. The lowest BCUT2D eigenvalue weighted by Crippen LogP contribution is -2.19. The van der Waals surface area contributed by atoms with Crippen molar-refractivity contribution in [3.8, 4) is 0 Å². The molecule has 0 unspecified atom stereocenters. The van der Waals surface area contributed by atoms with E-state index >= 15 is 0 Å². The van der Waals surface area contributed by atoms with Crippen molar-refractivity contribution >= 4 is 37.1 Å². The number of hydrogen-bond donors (Lipinski definition) is 3. The van der Waals surface area contributed by atoms with Gasteiger partial charge in [0.15, 0.2) is 14.9 Å². The average molecular weight is 420 g/mol. The summed E-state index contributed by atoms with van der Waals surface area (Å²) in [6, 6.07) is 13.7. The number of nitrogens with one attached hydrogen (secondary N) is 3. The van der Waals surface area contributed by atoms with Crippen LogP contribution in [0, 0.1) is 0 Å². The van der Waals surface area contributed by atoms with Gasteiger partial charge in [-0.1, -0.05) is 18.2 Å². The number of H-pyrrole nitrogens is 1. The standard InChI is InChI=1S/C17H16N4O5S2/c1-27(23,24)14-9-7-12(8-10-14)19-16(22)15-11-18-20-17(15)28(25,26)21-13-5-3-2-4-6-13/h2-11,21H,1H3,(H,18,20)(H,19,22). The highest BCUT2D eigenvalue weighted by molar-refractivity contribution is 7.92. The topological polar surface area (TPSA) is 138 Å². The van der Waals surface area contributed by atoms with Crippen molar-refractivity contribution in [2.24, 2.45) is 0 Å². The van der Waals surface area contributed by atoms with E-state index < -0.39 is 25.8 Å². The Kier molecular flexibility index (Phi) is 5.21. The van der Waals surface area contributed by atoms with Gasteiger partial charge in [-0.15, -0.1) is 0 Å². The van der Waals surface area contributed by atoms with Gasteiger partial charge in [0, 0.05) is 17.6 Å². The summed E-state index contributed by atoms with van der Waals surface area (Å²) in [5, 5.41) is 8.10. The second-order valence-corrected chi connectivity index (χ2v) is 9.47. The molecule has 3 aromatic rings. The molecule has 146 valence electrons. The fourth-order valence-electron chi connectivity index (χ4n) is 2.34. The van der Waals surface area contributed by atoms with Crippen LogP contribution in [0.1, 0.15) is 10.4 Å². The highest BCUT2D eigenvalue weighted by Crippen LogP contribution is 2.19. The lowest BCUT2D eigenvalue weighted by Gasteiger charge is -2.09. The number of sulfonamides is 1. The number of rotatable bonds is 6. The lowest BCUT2D eigenvalue weighted by molar-refractivity contribution is 0.102. The molecule has 11 heteroatoms. The normalized spacial score (nSPS) is 11.8. The van der Waals surface area contributed by atoms with Crippen LogP contribution in [-0.4, -0.2) is 39.2 Å². The van der Waals surface area contributed by atoms with E-state index in [0.29, 0.717) is 11.4 Å². The van der Waals surface area contributed by atoms with Crippen molar-refractivity contribution in [2.75, 3.05) is 16.3 Å². The molecule has 2 aromatic carbocycles. The molecule has 0 aliphatic carbocycles. The minimum Gasteiger partial charge on any atom is -0.322 e. The monoisotopic (exact) mass is 420 g/mol. The van der Waals surface area contributed by atoms with Crippen molar-refractivity contribution in [3.05, 3.63) is 66.4 Å². The molecule has 0 fully saturated rings. The van der Waals surface area contributed by atoms with Crippen LogP contribution >= 0.6 is 0 Å². The van der Waals surface area contributed by atoms with E-state index in [1.54, 1.807) is 30.3 Å². The summed E-state index contributed by atoms with van der Waals surface area (Å²) >= 11 is 0. The molecule has 0 aliphatic rings. The Morgan fingerprint density at radius 1 is 0.929 bits per heavy atom. The zero-order chi connectivity index (χ0) is 20.4. The van der Waals surface area contributed by atoms with Crippen LogP contribution in [0.5, 0.6) is 0 Å². The molecule has 3 N–H and O–H groups in total. The van der Waals surface area contributed by atoms with E-state index in [2.05, 4.69) is 20.2 Å². The Labute approximate surface area is 161 Å². The van der Waals surface area contributed by atoms with Gasteiger partial charge in [-0.3, -0.25) is 14.6 Å². The van der Waals surface area contributed by atoms with Gasteiger partial charge < -0.3 is 5.32 Å². The molecule has 0 atom stereocenters. The quantitative estimate of drug-likeness (QED) is 0.556. The molecular weight excluding hydrogens is 404 g/mol. The van der Waals surface area contributed by atoms with Gasteiger partial charge >= 0.3 is 0 Å². The van der Waals surface area contributed by atoms with Crippen molar-refractivity contribution < 1.29 is 21.6 Å². The first-order valence-electron chi connectivity index (χ1n) is 7.89. The number of nitrogens with zero attached hydrogens (tertiary/aromatic N) is 1. The molecule has 0 aliphatic heterocycles.